The Labute approximate surface area is 131 Å². The summed E-state index contributed by atoms with van der Waals surface area (Å²) in [7, 11) is 1.80. The summed E-state index contributed by atoms with van der Waals surface area (Å²) in [5.41, 5.74) is 1.87. The number of amides is 1. The molecule has 0 fully saturated rings. The van der Waals surface area contributed by atoms with Gasteiger partial charge in [-0.15, -0.1) is 5.10 Å². The van der Waals surface area contributed by atoms with E-state index in [0.29, 0.717) is 11.4 Å². The van der Waals surface area contributed by atoms with E-state index in [1.54, 1.807) is 11.9 Å². The van der Waals surface area contributed by atoms with Crippen molar-refractivity contribution in [2.75, 3.05) is 7.05 Å². The largest absolute Gasteiger partial charge is 0.337 e. The number of aromatic nitrogens is 2. The second kappa shape index (κ2) is 6.45. The van der Waals surface area contributed by atoms with Crippen molar-refractivity contribution in [3.63, 3.8) is 0 Å². The van der Waals surface area contributed by atoms with Gasteiger partial charge in [-0.25, -0.2) is 0 Å². The first kappa shape index (κ1) is 15.1. The molecule has 0 saturated carbocycles. The third-order valence-corrected chi connectivity index (χ3v) is 4.19. The minimum Gasteiger partial charge on any atom is -0.337 e. The Morgan fingerprint density at radius 3 is 2.60 bits per heavy atom. The van der Waals surface area contributed by atoms with Crippen LogP contribution < -0.4 is 0 Å². The molecule has 0 aliphatic carbocycles. The third kappa shape index (κ3) is 3.43. The molecule has 0 spiro atoms. The molecule has 0 N–H and O–H groups in total. The Bertz CT molecular complexity index is 595. The minimum absolute atomic E-state index is 0.0216. The van der Waals surface area contributed by atoms with E-state index < -0.39 is 0 Å². The molecule has 1 aromatic heterocycles. The van der Waals surface area contributed by atoms with Gasteiger partial charge in [-0.1, -0.05) is 46.4 Å². The van der Waals surface area contributed by atoms with E-state index in [-0.39, 0.29) is 11.8 Å². The van der Waals surface area contributed by atoms with Gasteiger partial charge < -0.3 is 4.90 Å². The molecule has 0 radical (unpaired) electrons. The summed E-state index contributed by atoms with van der Waals surface area (Å²) in [6.45, 7) is 4.60. The Balaban J connectivity index is 2.12. The highest BCUT2D eigenvalue weighted by molar-refractivity contribution is 9.10. The summed E-state index contributed by atoms with van der Waals surface area (Å²) >= 11 is 4.57. The molecule has 106 valence electrons. The predicted octanol–water partition coefficient (Wildman–Crippen LogP) is 3.70. The summed E-state index contributed by atoms with van der Waals surface area (Å²) in [6, 6.07) is 7.95. The van der Waals surface area contributed by atoms with E-state index in [2.05, 4.69) is 25.5 Å². The van der Waals surface area contributed by atoms with Gasteiger partial charge in [0.1, 0.15) is 4.88 Å². The second-order valence-electron chi connectivity index (χ2n) is 4.93. The number of benzene rings is 1. The van der Waals surface area contributed by atoms with Gasteiger partial charge in [0.15, 0.2) is 0 Å². The third-order valence-electron chi connectivity index (χ3n) is 2.93. The van der Waals surface area contributed by atoms with Crippen molar-refractivity contribution in [2.24, 2.45) is 0 Å². The fourth-order valence-corrected chi connectivity index (χ4v) is 2.91. The Morgan fingerprint density at radius 2 is 2.00 bits per heavy atom. The molecular formula is C14H16BrN3OS. The van der Waals surface area contributed by atoms with E-state index in [1.807, 2.05) is 38.1 Å². The van der Waals surface area contributed by atoms with E-state index in [0.717, 1.165) is 15.7 Å². The molecule has 2 rings (SSSR count). The topological polar surface area (TPSA) is 46.1 Å². The highest BCUT2D eigenvalue weighted by Crippen LogP contribution is 2.21. The molecule has 6 heteroatoms. The van der Waals surface area contributed by atoms with Crippen LogP contribution in [0.3, 0.4) is 0 Å². The first-order valence-corrected chi connectivity index (χ1v) is 7.88. The highest BCUT2D eigenvalue weighted by Gasteiger charge is 2.21. The van der Waals surface area contributed by atoms with E-state index >= 15 is 0 Å². The molecule has 20 heavy (non-hydrogen) atoms. The zero-order valence-electron chi connectivity index (χ0n) is 11.6. The normalized spacial score (nSPS) is 10.8. The van der Waals surface area contributed by atoms with Crippen LogP contribution in [0.5, 0.6) is 0 Å². The van der Waals surface area contributed by atoms with Crippen LogP contribution in [0, 0.1) is 0 Å². The smallest absolute Gasteiger partial charge is 0.267 e. The van der Waals surface area contributed by atoms with Crippen molar-refractivity contribution < 1.29 is 4.79 Å². The van der Waals surface area contributed by atoms with Crippen LogP contribution >= 0.6 is 27.5 Å². The molecular weight excluding hydrogens is 338 g/mol. The molecule has 4 nitrogen and oxygen atoms in total. The molecule has 2 aromatic rings. The number of rotatable bonds is 4. The first-order chi connectivity index (χ1) is 9.49. The average molecular weight is 354 g/mol. The Morgan fingerprint density at radius 1 is 1.35 bits per heavy atom. The summed E-state index contributed by atoms with van der Waals surface area (Å²) in [6.07, 6.45) is 0. The fraction of sp³-hybridized carbons (Fsp3) is 0.357. The lowest BCUT2D eigenvalue weighted by molar-refractivity contribution is 0.0788. The van der Waals surface area contributed by atoms with Crippen LogP contribution in [0.2, 0.25) is 0 Å². The van der Waals surface area contributed by atoms with Crippen molar-refractivity contribution >= 4 is 33.4 Å². The molecule has 1 heterocycles. The van der Waals surface area contributed by atoms with E-state index in [4.69, 9.17) is 0 Å². The van der Waals surface area contributed by atoms with Crippen molar-refractivity contribution in [3.05, 3.63) is 44.9 Å². The van der Waals surface area contributed by atoms with Crippen LogP contribution in [-0.4, -0.2) is 27.4 Å². The Hall–Kier alpha value is -1.27. The second-order valence-corrected chi connectivity index (χ2v) is 6.60. The maximum absolute atomic E-state index is 12.4. The maximum Gasteiger partial charge on any atom is 0.267 e. The number of carbonyl (C=O) groups is 1. The number of hydrogen-bond acceptors (Lipinski definition) is 4. The van der Waals surface area contributed by atoms with E-state index in [9.17, 15) is 4.79 Å². The monoisotopic (exact) mass is 353 g/mol. The van der Waals surface area contributed by atoms with Crippen LogP contribution in [-0.2, 0) is 6.54 Å². The van der Waals surface area contributed by atoms with Crippen LogP contribution in [0.1, 0.15) is 40.7 Å². The zero-order valence-corrected chi connectivity index (χ0v) is 14.0. The molecule has 0 unspecified atom stereocenters. The van der Waals surface area contributed by atoms with E-state index in [1.165, 1.54) is 11.5 Å². The van der Waals surface area contributed by atoms with Crippen LogP contribution in [0.15, 0.2) is 28.7 Å². The molecule has 0 atom stereocenters. The molecule has 1 amide bonds. The van der Waals surface area contributed by atoms with Gasteiger partial charge in [0.25, 0.3) is 5.91 Å². The molecule has 0 aliphatic heterocycles. The van der Waals surface area contributed by atoms with Gasteiger partial charge in [-0.05, 0) is 35.1 Å². The van der Waals surface area contributed by atoms with Gasteiger partial charge in [-0.3, -0.25) is 4.79 Å². The summed E-state index contributed by atoms with van der Waals surface area (Å²) in [5, 5.41) is 4.05. The zero-order chi connectivity index (χ0) is 14.7. The standard InChI is InChI=1S/C14H16BrN3OS/c1-9(2)12-13(20-17-16-12)14(19)18(3)8-10-4-6-11(15)7-5-10/h4-7,9H,8H2,1-3H3. The predicted molar refractivity (Wildman–Crippen MR) is 83.9 cm³/mol. The van der Waals surface area contributed by atoms with Crippen LogP contribution in [0.4, 0.5) is 0 Å². The molecule has 0 saturated heterocycles. The van der Waals surface area contributed by atoms with Gasteiger partial charge >= 0.3 is 0 Å². The molecule has 0 aliphatic rings. The Kier molecular flexibility index (Phi) is 4.88. The van der Waals surface area contributed by atoms with Crippen molar-refractivity contribution in [1.82, 2.24) is 14.5 Å². The van der Waals surface area contributed by atoms with Gasteiger partial charge in [-0.2, -0.15) is 0 Å². The number of carbonyl (C=O) groups excluding carboxylic acids is 1. The SMILES string of the molecule is CC(C)c1nnsc1C(=O)N(C)Cc1ccc(Br)cc1. The lowest BCUT2D eigenvalue weighted by Gasteiger charge is -2.17. The van der Waals surface area contributed by atoms with Crippen molar-refractivity contribution in [2.45, 2.75) is 26.3 Å². The lowest BCUT2D eigenvalue weighted by atomic mass is 10.1. The first-order valence-electron chi connectivity index (χ1n) is 6.31. The lowest BCUT2D eigenvalue weighted by Crippen LogP contribution is -2.26. The van der Waals surface area contributed by atoms with Gasteiger partial charge in [0.2, 0.25) is 0 Å². The quantitative estimate of drug-likeness (QED) is 0.841. The van der Waals surface area contributed by atoms with Crippen LogP contribution in [0.25, 0.3) is 0 Å². The summed E-state index contributed by atoms with van der Waals surface area (Å²) in [4.78, 5) is 14.8. The number of halogens is 1. The summed E-state index contributed by atoms with van der Waals surface area (Å²) in [5.74, 6) is 0.181. The van der Waals surface area contributed by atoms with Gasteiger partial charge in [0.05, 0.1) is 5.69 Å². The molecule has 1 aromatic carbocycles. The van der Waals surface area contributed by atoms with Crippen molar-refractivity contribution in [3.8, 4) is 0 Å². The summed E-state index contributed by atoms with van der Waals surface area (Å²) < 4.78 is 4.93. The molecule has 0 bridgehead atoms. The average Bonchev–Trinajstić information content (AvgIpc) is 2.90. The highest BCUT2D eigenvalue weighted by atomic mass is 79.9. The fourth-order valence-electron chi connectivity index (χ4n) is 1.83. The maximum atomic E-state index is 12.4. The number of nitrogens with zero attached hydrogens (tertiary/aromatic N) is 3. The minimum atomic E-state index is -0.0216. The van der Waals surface area contributed by atoms with Crippen molar-refractivity contribution in [1.29, 1.82) is 0 Å². The number of hydrogen-bond donors (Lipinski definition) is 0. The van der Waals surface area contributed by atoms with Gasteiger partial charge in [0, 0.05) is 18.1 Å².